The Morgan fingerprint density at radius 3 is 2.15 bits per heavy atom. The lowest BCUT2D eigenvalue weighted by atomic mass is 9.86. The maximum absolute atomic E-state index is 13.5. The number of aromatic nitrogens is 1. The summed E-state index contributed by atoms with van der Waals surface area (Å²) in [4.78, 5) is 13.5. The third-order valence-electron chi connectivity index (χ3n) is 7.93. The molecule has 0 unspecified atom stereocenters. The molecule has 0 saturated carbocycles. The van der Waals surface area contributed by atoms with E-state index in [1.807, 2.05) is 54.6 Å². The van der Waals surface area contributed by atoms with Crippen LogP contribution in [0, 0.1) is 0 Å². The van der Waals surface area contributed by atoms with Crippen LogP contribution in [-0.4, -0.2) is 4.57 Å². The van der Waals surface area contributed by atoms with Crippen molar-refractivity contribution in [1.29, 1.82) is 0 Å². The van der Waals surface area contributed by atoms with Gasteiger partial charge in [0.15, 0.2) is 0 Å². The molecule has 0 radical (unpaired) electrons. The Balaban J connectivity index is 1.47. The Hall–Kier alpha value is -4.83. The Labute approximate surface area is 223 Å². The Kier molecular flexibility index (Phi) is 4.33. The lowest BCUT2D eigenvalue weighted by molar-refractivity contribution is 0.570. The number of benzene rings is 5. The fraction of sp³-hybridized carbons (Fsp3) is 0.114. The molecule has 0 N–H and O–H groups in total. The first kappa shape index (κ1) is 22.2. The van der Waals surface area contributed by atoms with Gasteiger partial charge >= 0.3 is 0 Å². The van der Waals surface area contributed by atoms with Crippen molar-refractivity contribution in [1.82, 2.24) is 4.57 Å². The highest BCUT2D eigenvalue weighted by Gasteiger charge is 2.22. The molecule has 8 rings (SSSR count). The minimum Gasteiger partial charge on any atom is -0.455 e. The van der Waals surface area contributed by atoms with Gasteiger partial charge in [-0.05, 0) is 47.9 Å². The first-order valence-corrected chi connectivity index (χ1v) is 13.2. The summed E-state index contributed by atoms with van der Waals surface area (Å²) in [6.45, 7) is 6.41. The van der Waals surface area contributed by atoms with Crippen molar-refractivity contribution in [2.24, 2.45) is 0 Å². The molecule has 0 aliphatic carbocycles. The summed E-state index contributed by atoms with van der Waals surface area (Å²) in [5.41, 5.74) is 6.90. The molecule has 3 heterocycles. The molecule has 0 atom stereocenters. The number of nitrogens with zero attached hydrogens (tertiary/aromatic N) is 1. The molecule has 39 heavy (non-hydrogen) atoms. The smallest absolute Gasteiger partial charge is 0.200 e. The predicted molar refractivity (Wildman–Crippen MR) is 160 cm³/mol. The van der Waals surface area contributed by atoms with Crippen LogP contribution in [0.3, 0.4) is 0 Å². The molecule has 0 amide bonds. The molecule has 4 nitrogen and oxygen atoms in total. The molecule has 0 aliphatic heterocycles. The molecular weight excluding hydrogens is 482 g/mol. The minimum absolute atomic E-state index is 0.00453. The van der Waals surface area contributed by atoms with Crippen molar-refractivity contribution in [3.63, 3.8) is 0 Å². The van der Waals surface area contributed by atoms with Crippen LogP contribution in [-0.2, 0) is 5.41 Å². The molecule has 0 spiro atoms. The van der Waals surface area contributed by atoms with E-state index in [1.54, 1.807) is 0 Å². The summed E-state index contributed by atoms with van der Waals surface area (Å²) in [5.74, 6) is 0. The average molecular weight is 508 g/mol. The zero-order valence-corrected chi connectivity index (χ0v) is 21.9. The second-order valence-corrected chi connectivity index (χ2v) is 11.3. The SMILES string of the molecule is CC(C)(C)c1cccc2c(=O)c3ccc(-n4c5ccccc5c5c6oc7ccccc7c6ccc54)cc3oc12. The normalized spacial score (nSPS) is 12.6. The van der Waals surface area contributed by atoms with Crippen molar-refractivity contribution >= 4 is 65.7 Å². The molecule has 3 aromatic heterocycles. The number of furan rings is 1. The van der Waals surface area contributed by atoms with Crippen LogP contribution < -0.4 is 5.43 Å². The van der Waals surface area contributed by atoms with E-state index < -0.39 is 0 Å². The van der Waals surface area contributed by atoms with Crippen LogP contribution in [0.1, 0.15) is 26.3 Å². The highest BCUT2D eigenvalue weighted by Crippen LogP contribution is 2.41. The van der Waals surface area contributed by atoms with Gasteiger partial charge in [0.1, 0.15) is 22.3 Å². The lowest BCUT2D eigenvalue weighted by Crippen LogP contribution is -2.13. The number of fused-ring (bicyclic) bond motifs is 9. The van der Waals surface area contributed by atoms with Crippen LogP contribution in [0.15, 0.2) is 111 Å². The van der Waals surface area contributed by atoms with Crippen LogP contribution in [0.4, 0.5) is 0 Å². The Morgan fingerprint density at radius 1 is 0.590 bits per heavy atom. The summed E-state index contributed by atoms with van der Waals surface area (Å²) < 4.78 is 15.2. The van der Waals surface area contributed by atoms with Crippen LogP contribution >= 0.6 is 0 Å². The van der Waals surface area contributed by atoms with Crippen LogP contribution in [0.2, 0.25) is 0 Å². The van der Waals surface area contributed by atoms with Crippen molar-refractivity contribution in [2.75, 3.05) is 0 Å². The molecule has 188 valence electrons. The molecule has 8 aromatic rings. The number of rotatable bonds is 1. The van der Waals surface area contributed by atoms with Gasteiger partial charge in [-0.15, -0.1) is 0 Å². The fourth-order valence-corrected chi connectivity index (χ4v) is 6.11. The summed E-state index contributed by atoms with van der Waals surface area (Å²) >= 11 is 0. The first-order chi connectivity index (χ1) is 18.9. The summed E-state index contributed by atoms with van der Waals surface area (Å²) in [5, 5.41) is 5.61. The molecule has 0 saturated heterocycles. The van der Waals surface area contributed by atoms with E-state index in [2.05, 4.69) is 67.8 Å². The second kappa shape index (κ2) is 7.61. The number of para-hydroxylation sites is 3. The number of hydrogen-bond donors (Lipinski definition) is 0. The van der Waals surface area contributed by atoms with E-state index in [0.717, 1.165) is 55.0 Å². The highest BCUT2D eigenvalue weighted by atomic mass is 16.3. The average Bonchev–Trinajstić information content (AvgIpc) is 3.48. The van der Waals surface area contributed by atoms with Gasteiger partial charge in [-0.25, -0.2) is 0 Å². The maximum Gasteiger partial charge on any atom is 0.200 e. The standard InChI is InChI=1S/C35H25NO3/c1-35(2,3)26-12-8-11-25-32(37)24-16-15-20(19-30(24)39-33(25)26)36-27-13-6-4-10-23(27)31-28(36)18-17-22-21-9-5-7-14-29(21)38-34(22)31/h4-19H,1-3H3. The van der Waals surface area contributed by atoms with Gasteiger partial charge in [0, 0.05) is 33.5 Å². The van der Waals surface area contributed by atoms with Crippen molar-refractivity contribution < 1.29 is 8.83 Å². The van der Waals surface area contributed by atoms with Gasteiger partial charge < -0.3 is 13.4 Å². The van der Waals surface area contributed by atoms with Gasteiger partial charge in [0.05, 0.1) is 27.2 Å². The summed E-state index contributed by atoms with van der Waals surface area (Å²) in [6, 6.07) is 32.6. The minimum atomic E-state index is -0.161. The fourth-order valence-electron chi connectivity index (χ4n) is 6.11. The molecule has 4 heteroatoms. The summed E-state index contributed by atoms with van der Waals surface area (Å²) in [7, 11) is 0. The molecule has 0 aliphatic rings. The van der Waals surface area contributed by atoms with Crippen LogP contribution in [0.5, 0.6) is 0 Å². The molecule has 0 fully saturated rings. The van der Waals surface area contributed by atoms with E-state index in [1.165, 1.54) is 0 Å². The quantitative estimate of drug-likeness (QED) is 0.208. The third kappa shape index (κ3) is 3.03. The lowest BCUT2D eigenvalue weighted by Gasteiger charge is -2.20. The molecule has 5 aromatic carbocycles. The van der Waals surface area contributed by atoms with E-state index in [-0.39, 0.29) is 10.8 Å². The number of hydrogen-bond acceptors (Lipinski definition) is 3. The molecular formula is C35H25NO3. The largest absolute Gasteiger partial charge is 0.455 e. The Bertz CT molecular complexity index is 2340. The maximum atomic E-state index is 13.5. The predicted octanol–water partition coefficient (Wildman–Crippen LogP) is 9.24. The van der Waals surface area contributed by atoms with Crippen molar-refractivity contribution in [2.45, 2.75) is 26.2 Å². The van der Waals surface area contributed by atoms with Gasteiger partial charge in [-0.1, -0.05) is 69.3 Å². The zero-order chi connectivity index (χ0) is 26.5. The van der Waals surface area contributed by atoms with Crippen LogP contribution in [0.25, 0.3) is 71.4 Å². The zero-order valence-electron chi connectivity index (χ0n) is 21.9. The monoisotopic (exact) mass is 507 g/mol. The summed E-state index contributed by atoms with van der Waals surface area (Å²) in [6.07, 6.45) is 0. The van der Waals surface area contributed by atoms with Crippen molar-refractivity contribution in [3.05, 3.63) is 113 Å². The van der Waals surface area contributed by atoms with E-state index in [4.69, 9.17) is 8.83 Å². The van der Waals surface area contributed by atoms with Gasteiger partial charge in [0.2, 0.25) is 5.43 Å². The first-order valence-electron chi connectivity index (χ1n) is 13.2. The topological polar surface area (TPSA) is 48.3 Å². The van der Waals surface area contributed by atoms with E-state index >= 15 is 0 Å². The van der Waals surface area contributed by atoms with Crippen molar-refractivity contribution in [3.8, 4) is 5.69 Å². The van der Waals surface area contributed by atoms with E-state index in [0.29, 0.717) is 21.9 Å². The van der Waals surface area contributed by atoms with Gasteiger partial charge in [-0.2, -0.15) is 0 Å². The van der Waals surface area contributed by atoms with E-state index in [9.17, 15) is 4.79 Å². The molecule has 0 bridgehead atoms. The van der Waals surface area contributed by atoms with Gasteiger partial charge in [0.25, 0.3) is 0 Å². The second-order valence-electron chi connectivity index (χ2n) is 11.3. The van der Waals surface area contributed by atoms with Gasteiger partial charge in [-0.3, -0.25) is 4.79 Å². The third-order valence-corrected chi connectivity index (χ3v) is 7.93. The highest BCUT2D eigenvalue weighted by molar-refractivity contribution is 6.23. The Morgan fingerprint density at radius 2 is 1.31 bits per heavy atom.